The van der Waals surface area contributed by atoms with Crippen molar-refractivity contribution in [1.29, 1.82) is 0 Å². The number of hydrogen-bond donors (Lipinski definition) is 6. The molecule has 0 fully saturated rings. The smallest absolute Gasteiger partial charge is 0.220 e. The third kappa shape index (κ3) is 10.4. The molecule has 23 heavy (non-hydrogen) atoms. The maximum atomic E-state index is 11.7. The Balaban J connectivity index is 4.08. The quantitative estimate of drug-likeness (QED) is 0.250. The topological polar surface area (TPSA) is 139 Å². The lowest BCUT2D eigenvalue weighted by molar-refractivity contribution is -0.122. The van der Waals surface area contributed by atoms with E-state index < -0.39 is 24.9 Å². The van der Waals surface area contributed by atoms with Crippen LogP contribution in [-0.4, -0.2) is 75.7 Å². The van der Waals surface area contributed by atoms with Crippen LogP contribution in [0, 0.1) is 0 Å². The Kier molecular flexibility index (Phi) is 10.9. The van der Waals surface area contributed by atoms with Crippen molar-refractivity contribution in [2.24, 2.45) is 0 Å². The average molecular weight is 334 g/mol. The predicted molar refractivity (Wildman–Crippen MR) is 84.7 cm³/mol. The molecule has 0 spiro atoms. The SMILES string of the molecule is CC(=O)[C@H](CCC(=O)NC[C@H](O)C[C@H](O)[C@H](O)CO)NC(C)C. The van der Waals surface area contributed by atoms with Gasteiger partial charge in [0, 0.05) is 25.4 Å². The summed E-state index contributed by atoms with van der Waals surface area (Å²) in [5, 5.41) is 42.6. The minimum absolute atomic E-state index is 0.0346. The minimum atomic E-state index is -1.32. The van der Waals surface area contributed by atoms with Gasteiger partial charge in [0.1, 0.15) is 11.9 Å². The van der Waals surface area contributed by atoms with Crippen LogP contribution in [0.1, 0.15) is 40.0 Å². The van der Waals surface area contributed by atoms with Gasteiger partial charge < -0.3 is 31.1 Å². The van der Waals surface area contributed by atoms with Crippen LogP contribution in [0.2, 0.25) is 0 Å². The maximum Gasteiger partial charge on any atom is 0.220 e. The zero-order valence-electron chi connectivity index (χ0n) is 14.0. The van der Waals surface area contributed by atoms with Gasteiger partial charge in [0.25, 0.3) is 0 Å². The van der Waals surface area contributed by atoms with Crippen LogP contribution < -0.4 is 10.6 Å². The van der Waals surface area contributed by atoms with Crippen LogP contribution >= 0.6 is 0 Å². The molecule has 136 valence electrons. The fourth-order valence-electron chi connectivity index (χ4n) is 2.04. The summed E-state index contributed by atoms with van der Waals surface area (Å²) >= 11 is 0. The molecule has 0 saturated carbocycles. The molecule has 0 aromatic rings. The predicted octanol–water partition coefficient (Wildman–Crippen LogP) is -1.70. The molecule has 0 aliphatic heterocycles. The number of ketones is 1. The number of aliphatic hydroxyl groups is 4. The van der Waals surface area contributed by atoms with E-state index in [-0.39, 0.29) is 43.2 Å². The van der Waals surface area contributed by atoms with E-state index in [9.17, 15) is 24.9 Å². The van der Waals surface area contributed by atoms with E-state index in [0.717, 1.165) is 0 Å². The van der Waals surface area contributed by atoms with Gasteiger partial charge in [-0.2, -0.15) is 0 Å². The molecule has 8 heteroatoms. The standard InChI is InChI=1S/C15H30N2O6/c1-9(2)17-12(10(3)19)4-5-15(23)16-7-11(20)6-13(21)14(22)8-18/h9,11-14,17-18,20-22H,4-8H2,1-3H3,(H,16,23)/t11-,12+,13+,14-/m1/s1. The summed E-state index contributed by atoms with van der Waals surface area (Å²) in [5.74, 6) is -0.342. The summed E-state index contributed by atoms with van der Waals surface area (Å²) in [6.45, 7) is 4.62. The molecule has 0 saturated heterocycles. The Bertz CT molecular complexity index is 364. The van der Waals surface area contributed by atoms with E-state index in [1.807, 2.05) is 13.8 Å². The number of amides is 1. The number of hydrogen-bond acceptors (Lipinski definition) is 7. The Morgan fingerprint density at radius 2 is 1.70 bits per heavy atom. The second-order valence-corrected chi connectivity index (χ2v) is 6.03. The molecule has 1 amide bonds. The van der Waals surface area contributed by atoms with Crippen molar-refractivity contribution in [2.45, 2.75) is 70.4 Å². The summed E-state index contributed by atoms with van der Waals surface area (Å²) in [6.07, 6.45) is -3.28. The van der Waals surface area contributed by atoms with Gasteiger partial charge in [-0.3, -0.25) is 9.59 Å². The summed E-state index contributed by atoms with van der Waals surface area (Å²) in [7, 11) is 0. The number of carbonyl (C=O) groups excluding carboxylic acids is 2. The van der Waals surface area contributed by atoms with Crippen LogP contribution in [0.3, 0.4) is 0 Å². The fraction of sp³-hybridized carbons (Fsp3) is 0.867. The minimum Gasteiger partial charge on any atom is -0.394 e. The number of nitrogens with one attached hydrogen (secondary N) is 2. The van der Waals surface area contributed by atoms with Gasteiger partial charge in [-0.1, -0.05) is 13.8 Å². The monoisotopic (exact) mass is 334 g/mol. The van der Waals surface area contributed by atoms with Gasteiger partial charge >= 0.3 is 0 Å². The van der Waals surface area contributed by atoms with Gasteiger partial charge in [-0.15, -0.1) is 0 Å². The molecule has 0 bridgehead atoms. The van der Waals surface area contributed by atoms with Crippen molar-refractivity contribution >= 4 is 11.7 Å². The van der Waals surface area contributed by atoms with Crippen LogP contribution in [0.25, 0.3) is 0 Å². The first-order valence-electron chi connectivity index (χ1n) is 7.85. The van der Waals surface area contributed by atoms with Gasteiger partial charge in [0.2, 0.25) is 5.91 Å². The first-order valence-corrected chi connectivity index (χ1v) is 7.85. The second-order valence-electron chi connectivity index (χ2n) is 6.03. The molecule has 0 rings (SSSR count). The summed E-state index contributed by atoms with van der Waals surface area (Å²) in [5.41, 5.74) is 0. The molecule has 0 aromatic carbocycles. The number of Topliss-reactive ketones (excluding diaryl/α,β-unsaturated/α-hetero) is 1. The molecule has 0 aliphatic carbocycles. The number of carbonyl (C=O) groups is 2. The molecular weight excluding hydrogens is 304 g/mol. The highest BCUT2D eigenvalue weighted by Crippen LogP contribution is 2.04. The Hall–Kier alpha value is -1.06. The third-order valence-corrected chi connectivity index (χ3v) is 3.36. The first kappa shape index (κ1) is 21.9. The highest BCUT2D eigenvalue weighted by atomic mass is 16.4. The van der Waals surface area contributed by atoms with Crippen molar-refractivity contribution in [3.63, 3.8) is 0 Å². The van der Waals surface area contributed by atoms with E-state index in [4.69, 9.17) is 5.11 Å². The first-order chi connectivity index (χ1) is 10.7. The second kappa shape index (κ2) is 11.5. The molecular formula is C15H30N2O6. The van der Waals surface area contributed by atoms with E-state index in [1.54, 1.807) is 0 Å². The number of aliphatic hydroxyl groups excluding tert-OH is 4. The molecule has 0 aromatic heterocycles. The van der Waals surface area contributed by atoms with Crippen molar-refractivity contribution < 1.29 is 30.0 Å². The highest BCUT2D eigenvalue weighted by molar-refractivity contribution is 5.83. The van der Waals surface area contributed by atoms with Gasteiger partial charge in [-0.05, 0) is 13.3 Å². The average Bonchev–Trinajstić information content (AvgIpc) is 2.47. The lowest BCUT2D eigenvalue weighted by Crippen LogP contribution is -2.41. The summed E-state index contributed by atoms with van der Waals surface area (Å²) in [4.78, 5) is 23.2. The third-order valence-electron chi connectivity index (χ3n) is 3.36. The van der Waals surface area contributed by atoms with Gasteiger partial charge in [-0.25, -0.2) is 0 Å². The van der Waals surface area contributed by atoms with E-state index in [0.29, 0.717) is 6.42 Å². The van der Waals surface area contributed by atoms with E-state index in [1.165, 1.54) is 6.92 Å². The highest BCUT2D eigenvalue weighted by Gasteiger charge is 2.20. The molecule has 6 N–H and O–H groups in total. The van der Waals surface area contributed by atoms with Crippen molar-refractivity contribution in [3.05, 3.63) is 0 Å². The maximum absolute atomic E-state index is 11.7. The van der Waals surface area contributed by atoms with Gasteiger partial charge in [0.15, 0.2) is 0 Å². The van der Waals surface area contributed by atoms with Crippen LogP contribution in [0.5, 0.6) is 0 Å². The molecule has 0 unspecified atom stereocenters. The zero-order valence-corrected chi connectivity index (χ0v) is 14.0. The largest absolute Gasteiger partial charge is 0.394 e. The molecule has 0 heterocycles. The fourth-order valence-corrected chi connectivity index (χ4v) is 2.04. The van der Waals surface area contributed by atoms with Crippen molar-refractivity contribution in [2.75, 3.05) is 13.2 Å². The Labute approximate surface area is 136 Å². The molecule has 8 nitrogen and oxygen atoms in total. The summed E-state index contributed by atoms with van der Waals surface area (Å²) in [6, 6.07) is -0.250. The van der Waals surface area contributed by atoms with Crippen molar-refractivity contribution in [1.82, 2.24) is 10.6 Å². The Morgan fingerprint density at radius 1 is 1.09 bits per heavy atom. The number of rotatable bonds is 12. The van der Waals surface area contributed by atoms with E-state index in [2.05, 4.69) is 10.6 Å². The molecule has 0 aliphatic rings. The molecule has 0 radical (unpaired) electrons. The lowest BCUT2D eigenvalue weighted by atomic mass is 10.1. The van der Waals surface area contributed by atoms with Gasteiger partial charge in [0.05, 0.1) is 24.9 Å². The Morgan fingerprint density at radius 3 is 2.17 bits per heavy atom. The van der Waals surface area contributed by atoms with Crippen LogP contribution in [0.15, 0.2) is 0 Å². The van der Waals surface area contributed by atoms with Crippen molar-refractivity contribution in [3.8, 4) is 0 Å². The zero-order chi connectivity index (χ0) is 18.0. The van der Waals surface area contributed by atoms with Crippen LogP contribution in [-0.2, 0) is 9.59 Å². The normalized spacial score (nSPS) is 16.7. The van der Waals surface area contributed by atoms with E-state index >= 15 is 0 Å². The molecule has 4 atom stereocenters. The van der Waals surface area contributed by atoms with Crippen LogP contribution in [0.4, 0.5) is 0 Å². The lowest BCUT2D eigenvalue weighted by Gasteiger charge is -2.20. The summed E-state index contributed by atoms with van der Waals surface area (Å²) < 4.78 is 0.